The van der Waals surface area contributed by atoms with E-state index in [0.717, 1.165) is 12.1 Å². The number of aliphatic hydroxyl groups is 1. The molecule has 8 heteroatoms. The minimum absolute atomic E-state index is 0.0925. The van der Waals surface area contributed by atoms with Crippen LogP contribution in [0.5, 0.6) is 0 Å². The Morgan fingerprint density at radius 3 is 2.33 bits per heavy atom. The number of rotatable bonds is 7. The fourth-order valence-electron chi connectivity index (χ4n) is 1.73. The zero-order valence-corrected chi connectivity index (χ0v) is 12.8. The fraction of sp³-hybridized carbons (Fsp3) is 0.462. The Kier molecular flexibility index (Phi) is 5.32. The molecule has 118 valence electrons. The molecule has 0 aliphatic carbocycles. The molecular formula is C13H20N2O5S. The van der Waals surface area contributed by atoms with Gasteiger partial charge in [-0.15, -0.1) is 0 Å². The predicted octanol–water partition coefficient (Wildman–Crippen LogP) is 0.796. The Morgan fingerprint density at radius 2 is 1.90 bits per heavy atom. The Labute approximate surface area is 123 Å². The van der Waals surface area contributed by atoms with Crippen LogP contribution in [0.2, 0.25) is 0 Å². The average molecular weight is 316 g/mol. The smallest absolute Gasteiger partial charge is 0.335 e. The predicted molar refractivity (Wildman–Crippen MR) is 78.5 cm³/mol. The van der Waals surface area contributed by atoms with Gasteiger partial charge in [0.1, 0.15) is 4.90 Å². The van der Waals surface area contributed by atoms with Crippen molar-refractivity contribution in [3.63, 3.8) is 0 Å². The first kappa shape index (κ1) is 17.4. The van der Waals surface area contributed by atoms with Crippen LogP contribution in [0.3, 0.4) is 0 Å². The van der Waals surface area contributed by atoms with Gasteiger partial charge in [0.2, 0.25) is 10.0 Å². The van der Waals surface area contributed by atoms with Crippen LogP contribution in [-0.4, -0.2) is 36.7 Å². The number of hydrogen-bond donors (Lipinski definition) is 4. The normalized spacial score (nSPS) is 12.3. The van der Waals surface area contributed by atoms with E-state index in [1.54, 1.807) is 13.8 Å². The van der Waals surface area contributed by atoms with E-state index in [1.165, 1.54) is 6.07 Å². The van der Waals surface area contributed by atoms with Gasteiger partial charge in [0.15, 0.2) is 0 Å². The Hall–Kier alpha value is -1.64. The minimum atomic E-state index is -3.91. The van der Waals surface area contributed by atoms with Crippen LogP contribution in [0.4, 0.5) is 5.69 Å². The molecule has 0 amide bonds. The van der Waals surface area contributed by atoms with E-state index in [1.807, 2.05) is 0 Å². The monoisotopic (exact) mass is 316 g/mol. The first-order valence-corrected chi connectivity index (χ1v) is 7.98. The summed E-state index contributed by atoms with van der Waals surface area (Å²) < 4.78 is 26.6. The summed E-state index contributed by atoms with van der Waals surface area (Å²) in [5, 5.41) is 18.9. The van der Waals surface area contributed by atoms with Crippen LogP contribution >= 0.6 is 0 Å². The topological polar surface area (TPSA) is 130 Å². The van der Waals surface area contributed by atoms with Crippen molar-refractivity contribution < 1.29 is 23.4 Å². The van der Waals surface area contributed by atoms with Crippen LogP contribution in [0.15, 0.2) is 23.1 Å². The Morgan fingerprint density at radius 1 is 1.33 bits per heavy atom. The molecule has 7 nitrogen and oxygen atoms in total. The number of hydrogen-bond acceptors (Lipinski definition) is 5. The lowest BCUT2D eigenvalue weighted by Gasteiger charge is -2.25. The second kappa shape index (κ2) is 6.42. The summed E-state index contributed by atoms with van der Waals surface area (Å²) in [5.41, 5.74) is 4.24. The summed E-state index contributed by atoms with van der Waals surface area (Å²) in [6.07, 6.45) is 0.804. The van der Waals surface area contributed by atoms with Gasteiger partial charge in [-0.25, -0.2) is 17.9 Å². The van der Waals surface area contributed by atoms with E-state index >= 15 is 0 Å². The van der Waals surface area contributed by atoms with Crippen LogP contribution in [0.25, 0.3) is 0 Å². The maximum atomic E-state index is 12.2. The molecule has 1 rings (SSSR count). The van der Waals surface area contributed by atoms with Crippen LogP contribution in [0, 0.1) is 0 Å². The molecule has 0 fully saturated rings. The van der Waals surface area contributed by atoms with E-state index in [-0.39, 0.29) is 22.7 Å². The summed E-state index contributed by atoms with van der Waals surface area (Å²) in [7, 11) is -3.91. The molecule has 5 N–H and O–H groups in total. The first-order valence-electron chi connectivity index (χ1n) is 6.50. The number of carboxylic acid groups (broad SMARTS) is 1. The zero-order valence-electron chi connectivity index (χ0n) is 12.0. The summed E-state index contributed by atoms with van der Waals surface area (Å²) in [5.74, 6) is -1.19. The highest BCUT2D eigenvalue weighted by molar-refractivity contribution is 7.89. The van der Waals surface area contributed by atoms with Gasteiger partial charge in [0.25, 0.3) is 0 Å². The van der Waals surface area contributed by atoms with Crippen molar-refractivity contribution in [1.82, 2.24) is 4.72 Å². The third-order valence-corrected chi connectivity index (χ3v) is 4.93. The maximum absolute atomic E-state index is 12.2. The lowest BCUT2D eigenvalue weighted by atomic mass is 9.98. The minimum Gasteiger partial charge on any atom is -0.478 e. The molecule has 0 heterocycles. The van der Waals surface area contributed by atoms with Crippen molar-refractivity contribution in [2.75, 3.05) is 12.3 Å². The highest BCUT2D eigenvalue weighted by Gasteiger charge is 2.26. The fourth-order valence-corrected chi connectivity index (χ4v) is 2.96. The molecule has 0 atom stereocenters. The number of benzene rings is 1. The molecule has 0 saturated heterocycles. The SMILES string of the molecule is CCC(O)(CC)CNS(=O)(=O)c1ccc(C(=O)O)cc1N. The summed E-state index contributed by atoms with van der Waals surface area (Å²) in [4.78, 5) is 10.6. The van der Waals surface area contributed by atoms with Crippen molar-refractivity contribution in [2.24, 2.45) is 0 Å². The van der Waals surface area contributed by atoms with E-state index in [2.05, 4.69) is 4.72 Å². The van der Waals surface area contributed by atoms with Gasteiger partial charge in [0.05, 0.1) is 16.9 Å². The van der Waals surface area contributed by atoms with Gasteiger partial charge in [-0.05, 0) is 31.0 Å². The number of carboxylic acids is 1. The molecule has 1 aromatic carbocycles. The zero-order chi connectivity index (χ0) is 16.3. The lowest BCUT2D eigenvalue weighted by molar-refractivity contribution is 0.0377. The molecule has 0 aromatic heterocycles. The molecule has 0 aliphatic rings. The van der Waals surface area contributed by atoms with Crippen molar-refractivity contribution in [3.05, 3.63) is 23.8 Å². The molecular weight excluding hydrogens is 296 g/mol. The molecule has 0 aliphatic heterocycles. The highest BCUT2D eigenvalue weighted by atomic mass is 32.2. The highest BCUT2D eigenvalue weighted by Crippen LogP contribution is 2.21. The standard InChI is InChI=1S/C13H20N2O5S/c1-3-13(18,4-2)8-15-21(19,20)11-6-5-9(12(16)17)7-10(11)14/h5-7,15,18H,3-4,8,14H2,1-2H3,(H,16,17). The number of carbonyl (C=O) groups is 1. The second-order valence-electron chi connectivity index (χ2n) is 4.81. The van der Waals surface area contributed by atoms with E-state index in [0.29, 0.717) is 12.8 Å². The second-order valence-corrected chi connectivity index (χ2v) is 6.55. The number of nitrogens with one attached hydrogen (secondary N) is 1. The summed E-state index contributed by atoms with van der Waals surface area (Å²) in [6, 6.07) is 3.39. The lowest BCUT2D eigenvalue weighted by Crippen LogP contribution is -2.42. The van der Waals surface area contributed by atoms with Crippen LogP contribution in [0.1, 0.15) is 37.0 Å². The average Bonchev–Trinajstić information content (AvgIpc) is 2.44. The van der Waals surface area contributed by atoms with Crippen LogP contribution in [-0.2, 0) is 10.0 Å². The van der Waals surface area contributed by atoms with E-state index in [9.17, 15) is 18.3 Å². The number of nitrogen functional groups attached to an aromatic ring is 1. The van der Waals surface area contributed by atoms with Crippen molar-refractivity contribution in [2.45, 2.75) is 37.2 Å². The van der Waals surface area contributed by atoms with Gasteiger partial charge in [0, 0.05) is 6.54 Å². The molecule has 1 aromatic rings. The third-order valence-electron chi connectivity index (χ3n) is 3.45. The quantitative estimate of drug-likeness (QED) is 0.550. The van der Waals surface area contributed by atoms with E-state index in [4.69, 9.17) is 10.8 Å². The van der Waals surface area contributed by atoms with E-state index < -0.39 is 21.6 Å². The maximum Gasteiger partial charge on any atom is 0.335 e. The van der Waals surface area contributed by atoms with Gasteiger partial charge >= 0.3 is 5.97 Å². The van der Waals surface area contributed by atoms with Crippen molar-refractivity contribution in [1.29, 1.82) is 0 Å². The van der Waals surface area contributed by atoms with Crippen molar-refractivity contribution >= 4 is 21.7 Å². The Balaban J connectivity index is 3.01. The molecule has 0 unspecified atom stereocenters. The van der Waals surface area contributed by atoms with Gasteiger partial charge < -0.3 is 15.9 Å². The molecule has 0 bridgehead atoms. The van der Waals surface area contributed by atoms with Crippen molar-refractivity contribution in [3.8, 4) is 0 Å². The summed E-state index contributed by atoms with van der Waals surface area (Å²) in [6.45, 7) is 3.38. The Bertz CT molecular complexity index is 623. The third kappa shape index (κ3) is 4.16. The van der Waals surface area contributed by atoms with Crippen LogP contribution < -0.4 is 10.5 Å². The number of sulfonamides is 1. The van der Waals surface area contributed by atoms with Gasteiger partial charge in [-0.2, -0.15) is 0 Å². The number of anilines is 1. The van der Waals surface area contributed by atoms with Gasteiger partial charge in [-0.1, -0.05) is 13.8 Å². The van der Waals surface area contributed by atoms with Gasteiger partial charge in [-0.3, -0.25) is 0 Å². The summed E-state index contributed by atoms with van der Waals surface area (Å²) >= 11 is 0. The molecule has 0 saturated carbocycles. The largest absolute Gasteiger partial charge is 0.478 e. The molecule has 0 radical (unpaired) electrons. The molecule has 0 spiro atoms. The number of nitrogens with two attached hydrogens (primary N) is 1. The first-order chi connectivity index (χ1) is 9.65. The number of aromatic carboxylic acids is 1. The molecule has 21 heavy (non-hydrogen) atoms.